The molecule has 0 saturated carbocycles. The van der Waals surface area contributed by atoms with E-state index in [1.807, 2.05) is 12.6 Å². The van der Waals surface area contributed by atoms with E-state index in [1.54, 1.807) is 7.11 Å². The molecule has 0 fully saturated rings. The minimum absolute atomic E-state index is 0.577. The van der Waals surface area contributed by atoms with Crippen molar-refractivity contribution in [1.29, 1.82) is 0 Å². The monoisotopic (exact) mass is 218 g/mol. The van der Waals surface area contributed by atoms with E-state index in [1.165, 1.54) is 0 Å². The minimum Gasteiger partial charge on any atom is -0.377 e. The van der Waals surface area contributed by atoms with Crippen molar-refractivity contribution in [3.63, 3.8) is 0 Å². The first-order valence-electron chi connectivity index (χ1n) is 5.16. The van der Waals surface area contributed by atoms with Gasteiger partial charge in [0.05, 0.1) is 6.61 Å². The van der Waals surface area contributed by atoms with Gasteiger partial charge in [0.2, 0.25) is 0 Å². The lowest BCUT2D eigenvalue weighted by molar-refractivity contribution is 0.0941. The predicted octanol–water partition coefficient (Wildman–Crippen LogP) is 2.61. The Hall–Kier alpha value is -0.163. The zero-order valence-corrected chi connectivity index (χ0v) is 10.7. The lowest BCUT2D eigenvalue weighted by Gasteiger charge is -2.23. The summed E-state index contributed by atoms with van der Waals surface area (Å²) in [7, 11) is -0.701. The molecule has 0 amide bonds. The van der Waals surface area contributed by atoms with Crippen LogP contribution < -0.4 is 0 Å². The Morgan fingerprint density at radius 2 is 1.86 bits per heavy atom. The molecule has 14 heavy (non-hydrogen) atoms. The fourth-order valence-electron chi connectivity index (χ4n) is 0.881. The van der Waals surface area contributed by atoms with E-state index in [-0.39, 0.29) is 0 Å². The first-order valence-corrected chi connectivity index (χ1v) is 7.39. The van der Waals surface area contributed by atoms with Crippen LogP contribution in [-0.2, 0) is 13.3 Å². The lowest BCUT2D eigenvalue weighted by atomic mass is 10.4. The number of allylic oxidation sites excluding steroid dienone is 1. The normalized spacial score (nSPS) is 16.0. The standard InChI is InChI=1S/C10H22O3Si/c1-5-7-8-10-13-14(4,11-3)12-9-6-2/h7-8H,5-6,9-10H2,1-4H3. The van der Waals surface area contributed by atoms with Gasteiger partial charge in [-0.05, 0) is 12.8 Å². The fraction of sp³-hybridized carbons (Fsp3) is 0.800. The average Bonchev–Trinajstić information content (AvgIpc) is 2.22. The summed E-state index contributed by atoms with van der Waals surface area (Å²) in [5.74, 6) is 0. The molecule has 0 aliphatic heterocycles. The van der Waals surface area contributed by atoms with Crippen molar-refractivity contribution in [1.82, 2.24) is 0 Å². The summed E-state index contributed by atoms with van der Waals surface area (Å²) in [6, 6.07) is 0. The van der Waals surface area contributed by atoms with Gasteiger partial charge in [-0.3, -0.25) is 0 Å². The van der Waals surface area contributed by atoms with E-state index in [4.69, 9.17) is 13.3 Å². The summed E-state index contributed by atoms with van der Waals surface area (Å²) in [6.07, 6.45) is 6.09. The summed E-state index contributed by atoms with van der Waals surface area (Å²) >= 11 is 0. The zero-order chi connectivity index (χ0) is 10.9. The van der Waals surface area contributed by atoms with Crippen LogP contribution in [0.3, 0.4) is 0 Å². The van der Waals surface area contributed by atoms with Gasteiger partial charge >= 0.3 is 8.80 Å². The van der Waals surface area contributed by atoms with E-state index >= 15 is 0 Å². The molecular formula is C10H22O3Si. The Kier molecular flexibility index (Phi) is 8.08. The molecule has 0 aromatic carbocycles. The molecule has 0 aliphatic rings. The van der Waals surface area contributed by atoms with E-state index < -0.39 is 8.80 Å². The van der Waals surface area contributed by atoms with Gasteiger partial charge in [-0.2, -0.15) is 0 Å². The smallest absolute Gasteiger partial charge is 0.377 e. The lowest BCUT2D eigenvalue weighted by Crippen LogP contribution is -2.41. The van der Waals surface area contributed by atoms with Gasteiger partial charge in [-0.1, -0.05) is 26.0 Å². The van der Waals surface area contributed by atoms with E-state index in [9.17, 15) is 0 Å². The highest BCUT2D eigenvalue weighted by Crippen LogP contribution is 2.08. The minimum atomic E-state index is -2.35. The Morgan fingerprint density at radius 3 is 2.36 bits per heavy atom. The van der Waals surface area contributed by atoms with Crippen molar-refractivity contribution in [2.45, 2.75) is 33.2 Å². The molecule has 0 N–H and O–H groups in total. The molecule has 0 aliphatic carbocycles. The Morgan fingerprint density at radius 1 is 1.14 bits per heavy atom. The number of rotatable bonds is 8. The largest absolute Gasteiger partial charge is 0.497 e. The zero-order valence-electron chi connectivity index (χ0n) is 9.71. The quantitative estimate of drug-likeness (QED) is 0.463. The van der Waals surface area contributed by atoms with Crippen molar-refractivity contribution in [2.75, 3.05) is 20.3 Å². The van der Waals surface area contributed by atoms with Crippen LogP contribution in [0.15, 0.2) is 12.2 Å². The van der Waals surface area contributed by atoms with Gasteiger partial charge in [-0.25, -0.2) is 0 Å². The molecule has 0 aromatic heterocycles. The molecule has 0 bridgehead atoms. The van der Waals surface area contributed by atoms with Crippen molar-refractivity contribution in [3.8, 4) is 0 Å². The van der Waals surface area contributed by atoms with E-state index in [0.29, 0.717) is 13.2 Å². The third kappa shape index (κ3) is 6.31. The van der Waals surface area contributed by atoms with Crippen LogP contribution in [0.4, 0.5) is 0 Å². The summed E-state index contributed by atoms with van der Waals surface area (Å²) in [5.41, 5.74) is 0. The van der Waals surface area contributed by atoms with Crippen LogP contribution >= 0.6 is 0 Å². The maximum atomic E-state index is 5.59. The van der Waals surface area contributed by atoms with Crippen LogP contribution in [0, 0.1) is 0 Å². The third-order valence-electron chi connectivity index (χ3n) is 1.78. The molecule has 0 heterocycles. The van der Waals surface area contributed by atoms with Gasteiger partial charge in [0.15, 0.2) is 0 Å². The summed E-state index contributed by atoms with van der Waals surface area (Å²) in [4.78, 5) is 0. The molecular weight excluding hydrogens is 196 g/mol. The van der Waals surface area contributed by atoms with Crippen LogP contribution in [-0.4, -0.2) is 29.1 Å². The molecule has 1 atom stereocenters. The number of hydrogen-bond donors (Lipinski definition) is 0. The molecule has 84 valence electrons. The molecule has 0 saturated heterocycles. The molecule has 1 unspecified atom stereocenters. The second-order valence-corrected chi connectivity index (χ2v) is 5.82. The van der Waals surface area contributed by atoms with Crippen molar-refractivity contribution in [2.24, 2.45) is 0 Å². The molecule has 0 aromatic rings. The summed E-state index contributed by atoms with van der Waals surface area (Å²) < 4.78 is 16.4. The Balaban J connectivity index is 3.79. The molecule has 0 spiro atoms. The summed E-state index contributed by atoms with van der Waals surface area (Å²) in [5, 5.41) is 0. The Labute approximate surface area is 88.4 Å². The van der Waals surface area contributed by atoms with Gasteiger partial charge < -0.3 is 13.3 Å². The van der Waals surface area contributed by atoms with Gasteiger partial charge in [0.1, 0.15) is 0 Å². The molecule has 3 nitrogen and oxygen atoms in total. The predicted molar refractivity (Wildman–Crippen MR) is 60.3 cm³/mol. The SMILES string of the molecule is CCC=CCO[Si](C)(OC)OCCC. The van der Waals surface area contributed by atoms with Gasteiger partial charge in [0.25, 0.3) is 0 Å². The highest BCUT2D eigenvalue weighted by molar-refractivity contribution is 6.59. The topological polar surface area (TPSA) is 27.7 Å². The first kappa shape index (κ1) is 13.8. The highest BCUT2D eigenvalue weighted by Gasteiger charge is 2.32. The van der Waals surface area contributed by atoms with Crippen LogP contribution in [0.2, 0.25) is 6.55 Å². The maximum absolute atomic E-state index is 5.59. The van der Waals surface area contributed by atoms with Gasteiger partial charge in [0, 0.05) is 20.3 Å². The first-order chi connectivity index (χ1) is 6.68. The van der Waals surface area contributed by atoms with Crippen LogP contribution in [0.1, 0.15) is 26.7 Å². The number of hydrogen-bond acceptors (Lipinski definition) is 3. The van der Waals surface area contributed by atoms with Crippen molar-refractivity contribution < 1.29 is 13.3 Å². The molecule has 4 heteroatoms. The Bertz CT molecular complexity index is 161. The third-order valence-corrected chi connectivity index (χ3v) is 3.94. The molecule has 0 rings (SSSR count). The average molecular weight is 218 g/mol. The van der Waals surface area contributed by atoms with Gasteiger partial charge in [-0.15, -0.1) is 0 Å². The highest BCUT2D eigenvalue weighted by atomic mass is 28.4. The summed E-state index contributed by atoms with van der Waals surface area (Å²) in [6.45, 7) is 7.36. The second-order valence-electron chi connectivity index (χ2n) is 3.11. The second kappa shape index (κ2) is 8.17. The fourth-order valence-corrected chi connectivity index (χ4v) is 2.17. The molecule has 0 radical (unpaired) electrons. The van der Waals surface area contributed by atoms with E-state index in [2.05, 4.69) is 19.9 Å². The van der Waals surface area contributed by atoms with E-state index in [0.717, 1.165) is 12.8 Å². The van der Waals surface area contributed by atoms with Crippen LogP contribution in [0.25, 0.3) is 0 Å². The van der Waals surface area contributed by atoms with Crippen molar-refractivity contribution >= 4 is 8.80 Å². The maximum Gasteiger partial charge on any atom is 0.497 e. The van der Waals surface area contributed by atoms with Crippen molar-refractivity contribution in [3.05, 3.63) is 12.2 Å². The van der Waals surface area contributed by atoms with Crippen LogP contribution in [0.5, 0.6) is 0 Å².